The Morgan fingerprint density at radius 3 is 2.68 bits per heavy atom. The zero-order valence-electron chi connectivity index (χ0n) is 12.1. The lowest BCUT2D eigenvalue weighted by atomic mass is 10.0. The largest absolute Gasteiger partial charge is 0.320 e. The van der Waals surface area contributed by atoms with Crippen molar-refractivity contribution in [1.29, 1.82) is 0 Å². The minimum atomic E-state index is -3.49. The molecule has 0 aliphatic carbocycles. The molecule has 0 fully saturated rings. The van der Waals surface area contributed by atoms with Crippen molar-refractivity contribution in [2.45, 2.75) is 50.6 Å². The molecule has 19 heavy (non-hydrogen) atoms. The van der Waals surface area contributed by atoms with Crippen molar-refractivity contribution in [1.82, 2.24) is 19.8 Å². The Morgan fingerprint density at radius 1 is 1.42 bits per heavy atom. The maximum absolute atomic E-state index is 12.2. The quantitative estimate of drug-likeness (QED) is 0.699. The predicted molar refractivity (Wildman–Crippen MR) is 75.5 cm³/mol. The molecular formula is C12H24N4O2S. The van der Waals surface area contributed by atoms with E-state index in [4.69, 9.17) is 0 Å². The van der Waals surface area contributed by atoms with Crippen LogP contribution in [0.3, 0.4) is 0 Å². The summed E-state index contributed by atoms with van der Waals surface area (Å²) in [5, 5.41) is 7.12. The van der Waals surface area contributed by atoms with Gasteiger partial charge in [-0.2, -0.15) is 5.10 Å². The molecule has 1 aromatic rings. The summed E-state index contributed by atoms with van der Waals surface area (Å²) in [4.78, 5) is 0.221. The number of hydrogen-bond donors (Lipinski definition) is 2. The van der Waals surface area contributed by atoms with Crippen LogP contribution in [0.5, 0.6) is 0 Å². The highest BCUT2D eigenvalue weighted by Gasteiger charge is 2.25. The highest BCUT2D eigenvalue weighted by Crippen LogP contribution is 2.14. The van der Waals surface area contributed by atoms with E-state index in [9.17, 15) is 8.42 Å². The van der Waals surface area contributed by atoms with Crippen LogP contribution in [-0.4, -0.2) is 37.3 Å². The Balaban J connectivity index is 2.74. The summed E-state index contributed by atoms with van der Waals surface area (Å²) in [6, 6.07) is 0. The third-order valence-electron chi connectivity index (χ3n) is 3.03. The first-order chi connectivity index (χ1) is 8.80. The van der Waals surface area contributed by atoms with E-state index in [-0.39, 0.29) is 4.90 Å². The van der Waals surface area contributed by atoms with Gasteiger partial charge in [0.25, 0.3) is 0 Å². The fourth-order valence-electron chi connectivity index (χ4n) is 1.52. The van der Waals surface area contributed by atoms with Crippen molar-refractivity contribution in [3.63, 3.8) is 0 Å². The molecule has 0 spiro atoms. The Kier molecular flexibility index (Phi) is 5.51. The van der Waals surface area contributed by atoms with Crippen LogP contribution in [0.25, 0.3) is 0 Å². The van der Waals surface area contributed by atoms with Crippen LogP contribution in [-0.2, 0) is 16.6 Å². The average molecular weight is 288 g/mol. The normalized spacial score (nSPS) is 12.8. The van der Waals surface area contributed by atoms with Gasteiger partial charge in [0.15, 0.2) is 0 Å². The average Bonchev–Trinajstić information content (AvgIpc) is 2.78. The van der Waals surface area contributed by atoms with Crippen molar-refractivity contribution < 1.29 is 8.42 Å². The van der Waals surface area contributed by atoms with Crippen LogP contribution in [0.1, 0.15) is 33.6 Å². The molecule has 0 aromatic carbocycles. The second-order valence-electron chi connectivity index (χ2n) is 5.24. The number of aromatic nitrogens is 2. The second kappa shape index (κ2) is 6.49. The number of nitrogens with one attached hydrogen (secondary N) is 2. The number of hydrogen-bond acceptors (Lipinski definition) is 4. The summed E-state index contributed by atoms with van der Waals surface area (Å²) in [5.74, 6) is 0. The van der Waals surface area contributed by atoms with Crippen LogP contribution in [0.15, 0.2) is 17.3 Å². The molecule has 2 N–H and O–H groups in total. The molecular weight excluding hydrogens is 264 g/mol. The molecule has 1 aromatic heterocycles. The van der Waals surface area contributed by atoms with E-state index >= 15 is 0 Å². The van der Waals surface area contributed by atoms with Gasteiger partial charge >= 0.3 is 0 Å². The molecule has 110 valence electrons. The van der Waals surface area contributed by atoms with Crippen LogP contribution in [0.2, 0.25) is 0 Å². The Bertz CT molecular complexity index is 494. The van der Waals surface area contributed by atoms with Crippen molar-refractivity contribution in [2.24, 2.45) is 0 Å². The smallest absolute Gasteiger partial charge is 0.244 e. The van der Waals surface area contributed by atoms with Gasteiger partial charge in [-0.05, 0) is 40.3 Å². The summed E-state index contributed by atoms with van der Waals surface area (Å²) in [5.41, 5.74) is -0.451. The molecule has 0 unspecified atom stereocenters. The summed E-state index contributed by atoms with van der Waals surface area (Å²) in [6.07, 6.45) is 4.60. The number of sulfonamides is 1. The monoisotopic (exact) mass is 288 g/mol. The zero-order chi connectivity index (χ0) is 14.5. The van der Waals surface area contributed by atoms with E-state index in [0.717, 1.165) is 19.4 Å². The molecule has 1 heterocycles. The topological polar surface area (TPSA) is 76.0 Å². The molecule has 0 saturated carbocycles. The molecule has 1 rings (SSSR count). The molecule has 0 aliphatic heterocycles. The third-order valence-corrected chi connectivity index (χ3v) is 4.68. The first-order valence-corrected chi connectivity index (χ1v) is 8.00. The molecule has 0 amide bonds. The van der Waals surface area contributed by atoms with Crippen LogP contribution < -0.4 is 10.0 Å². The van der Waals surface area contributed by atoms with Gasteiger partial charge in [0.1, 0.15) is 4.90 Å². The van der Waals surface area contributed by atoms with Gasteiger partial charge < -0.3 is 5.32 Å². The lowest BCUT2D eigenvalue weighted by molar-refractivity contribution is 0.439. The molecule has 0 saturated heterocycles. The van der Waals surface area contributed by atoms with Crippen molar-refractivity contribution in [2.75, 3.05) is 13.6 Å². The van der Waals surface area contributed by atoms with Crippen LogP contribution in [0.4, 0.5) is 0 Å². The maximum Gasteiger partial charge on any atom is 0.244 e. The van der Waals surface area contributed by atoms with Gasteiger partial charge in [0.05, 0.1) is 6.20 Å². The van der Waals surface area contributed by atoms with Gasteiger partial charge in [-0.1, -0.05) is 6.92 Å². The summed E-state index contributed by atoms with van der Waals surface area (Å²) in [7, 11) is -1.60. The first-order valence-electron chi connectivity index (χ1n) is 6.52. The predicted octanol–water partition coefficient (Wildman–Crippen LogP) is 0.960. The summed E-state index contributed by atoms with van der Waals surface area (Å²) < 4.78 is 28.7. The molecule has 6 nitrogen and oxygen atoms in total. The highest BCUT2D eigenvalue weighted by molar-refractivity contribution is 7.89. The Hall–Kier alpha value is -0.920. The molecule has 0 aliphatic rings. The van der Waals surface area contributed by atoms with E-state index < -0.39 is 15.6 Å². The fourth-order valence-corrected chi connectivity index (χ4v) is 2.95. The maximum atomic E-state index is 12.2. The summed E-state index contributed by atoms with van der Waals surface area (Å²) >= 11 is 0. The Morgan fingerprint density at radius 2 is 2.11 bits per heavy atom. The fraction of sp³-hybridized carbons (Fsp3) is 0.750. The van der Waals surface area contributed by atoms with Crippen molar-refractivity contribution in [3.8, 4) is 0 Å². The SMILES string of the molecule is CCC(C)(C)NS(=O)(=O)c1cnn(CCCNC)c1. The van der Waals surface area contributed by atoms with E-state index in [0.29, 0.717) is 6.54 Å². The Labute approximate surface area is 115 Å². The molecule has 0 radical (unpaired) electrons. The third kappa shape index (κ3) is 4.93. The molecule has 0 atom stereocenters. The lowest BCUT2D eigenvalue weighted by Gasteiger charge is -2.23. The number of aryl methyl sites for hydroxylation is 1. The first kappa shape index (κ1) is 16.1. The van der Waals surface area contributed by atoms with Gasteiger partial charge in [-0.3, -0.25) is 4.68 Å². The van der Waals surface area contributed by atoms with Gasteiger partial charge in [0, 0.05) is 18.3 Å². The van der Waals surface area contributed by atoms with Gasteiger partial charge in [-0.25, -0.2) is 13.1 Å². The minimum Gasteiger partial charge on any atom is -0.320 e. The minimum absolute atomic E-state index is 0.221. The van der Waals surface area contributed by atoms with Crippen molar-refractivity contribution in [3.05, 3.63) is 12.4 Å². The van der Waals surface area contributed by atoms with Crippen LogP contribution >= 0.6 is 0 Å². The van der Waals surface area contributed by atoms with E-state index in [1.807, 2.05) is 27.8 Å². The number of rotatable bonds is 8. The standard InChI is InChI=1S/C12H24N4O2S/c1-5-12(2,3)15-19(17,18)11-9-14-16(10-11)8-6-7-13-4/h9-10,13,15H,5-8H2,1-4H3. The summed E-state index contributed by atoms with van der Waals surface area (Å²) in [6.45, 7) is 7.25. The molecule has 0 bridgehead atoms. The van der Waals surface area contributed by atoms with Crippen LogP contribution in [0, 0.1) is 0 Å². The van der Waals surface area contributed by atoms with Gasteiger partial charge in [-0.15, -0.1) is 0 Å². The van der Waals surface area contributed by atoms with Gasteiger partial charge in [0.2, 0.25) is 10.0 Å². The lowest BCUT2D eigenvalue weighted by Crippen LogP contribution is -2.42. The zero-order valence-corrected chi connectivity index (χ0v) is 12.9. The van der Waals surface area contributed by atoms with E-state index in [1.54, 1.807) is 10.9 Å². The molecule has 7 heteroatoms. The number of nitrogens with zero attached hydrogens (tertiary/aromatic N) is 2. The van der Waals surface area contributed by atoms with E-state index in [1.165, 1.54) is 6.20 Å². The van der Waals surface area contributed by atoms with Crippen molar-refractivity contribution >= 4 is 10.0 Å². The second-order valence-corrected chi connectivity index (χ2v) is 6.92. The highest BCUT2D eigenvalue weighted by atomic mass is 32.2. The van der Waals surface area contributed by atoms with E-state index in [2.05, 4.69) is 15.1 Å².